The maximum Gasteiger partial charge on any atom is 0.214 e. The Morgan fingerprint density at radius 2 is 1.90 bits per heavy atom. The fourth-order valence-corrected chi connectivity index (χ4v) is 4.38. The Kier molecular flexibility index (Phi) is 4.48. The highest BCUT2D eigenvalue weighted by Crippen LogP contribution is 2.50. The molecular weight excluding hydrogens is 383 g/mol. The number of hydrogen-bond acceptors (Lipinski definition) is 6. The van der Waals surface area contributed by atoms with E-state index < -0.39 is 11.3 Å². The molecule has 30 heavy (non-hydrogen) atoms. The van der Waals surface area contributed by atoms with E-state index in [2.05, 4.69) is 33.9 Å². The van der Waals surface area contributed by atoms with Crippen LogP contribution in [-0.2, 0) is 5.60 Å². The van der Waals surface area contributed by atoms with Gasteiger partial charge >= 0.3 is 0 Å². The number of rotatable bonds is 6. The molecule has 5 rings (SSSR count). The number of benzene rings is 1. The molecule has 7 heteroatoms. The zero-order chi connectivity index (χ0) is 20.9. The molecule has 1 saturated carbocycles. The molecule has 1 aromatic carbocycles. The van der Waals surface area contributed by atoms with Crippen LogP contribution in [0.25, 0.3) is 11.4 Å². The second-order valence-electron chi connectivity index (χ2n) is 8.81. The number of pyridine rings is 1. The second-order valence-corrected chi connectivity index (χ2v) is 8.81. The molecule has 0 unspecified atom stereocenters. The molecule has 6 nitrogen and oxygen atoms in total. The average Bonchev–Trinajstić information content (AvgIpc) is 3.43. The molecule has 2 aromatic heterocycles. The van der Waals surface area contributed by atoms with Gasteiger partial charge in [0.2, 0.25) is 12.2 Å². The SMILES string of the molecule is CC(C)c1ccc([C@](O)(c2cncc(-c3ncon3)c2)C2(F)CN(C3CC3)C2)cc1. The first-order valence-electron chi connectivity index (χ1n) is 10.4. The first-order chi connectivity index (χ1) is 14.4. The van der Waals surface area contributed by atoms with Gasteiger partial charge in [-0.2, -0.15) is 4.98 Å². The summed E-state index contributed by atoms with van der Waals surface area (Å²) in [7, 11) is 0. The van der Waals surface area contributed by atoms with Gasteiger partial charge in [0.1, 0.15) is 0 Å². The highest BCUT2D eigenvalue weighted by atomic mass is 19.1. The van der Waals surface area contributed by atoms with Crippen molar-refractivity contribution in [1.29, 1.82) is 0 Å². The fourth-order valence-electron chi connectivity index (χ4n) is 4.38. The normalized spacial score (nSPS) is 20.7. The van der Waals surface area contributed by atoms with Gasteiger partial charge in [0, 0.05) is 42.7 Å². The summed E-state index contributed by atoms with van der Waals surface area (Å²) in [5.74, 6) is 0.701. The lowest BCUT2D eigenvalue weighted by molar-refractivity contribution is -0.163. The fraction of sp³-hybridized carbons (Fsp3) is 0.435. The van der Waals surface area contributed by atoms with Crippen LogP contribution in [0.2, 0.25) is 0 Å². The zero-order valence-corrected chi connectivity index (χ0v) is 17.1. The number of halogens is 1. The summed E-state index contributed by atoms with van der Waals surface area (Å²) in [5, 5.41) is 15.8. The van der Waals surface area contributed by atoms with Crippen LogP contribution in [0.4, 0.5) is 4.39 Å². The molecule has 2 fully saturated rings. The van der Waals surface area contributed by atoms with Crippen LogP contribution in [0.15, 0.2) is 53.6 Å². The molecule has 156 valence electrons. The van der Waals surface area contributed by atoms with Crippen LogP contribution >= 0.6 is 0 Å². The first-order valence-corrected chi connectivity index (χ1v) is 10.4. The molecule has 0 bridgehead atoms. The third-order valence-corrected chi connectivity index (χ3v) is 6.39. The molecule has 1 atom stereocenters. The summed E-state index contributed by atoms with van der Waals surface area (Å²) < 4.78 is 21.2. The third-order valence-electron chi connectivity index (χ3n) is 6.39. The van der Waals surface area contributed by atoms with E-state index in [1.165, 1.54) is 12.6 Å². The van der Waals surface area contributed by atoms with Crippen molar-refractivity contribution in [1.82, 2.24) is 20.0 Å². The molecule has 0 amide bonds. The van der Waals surface area contributed by atoms with Crippen molar-refractivity contribution in [2.75, 3.05) is 13.1 Å². The van der Waals surface area contributed by atoms with Gasteiger partial charge in [0.05, 0.1) is 0 Å². The minimum Gasteiger partial charge on any atom is -0.377 e. The molecule has 1 aliphatic heterocycles. The summed E-state index contributed by atoms with van der Waals surface area (Å²) in [5.41, 5.74) is -1.02. The Bertz CT molecular complexity index is 1030. The van der Waals surface area contributed by atoms with Gasteiger partial charge in [0.25, 0.3) is 0 Å². The molecule has 1 saturated heterocycles. The van der Waals surface area contributed by atoms with E-state index >= 15 is 4.39 Å². The van der Waals surface area contributed by atoms with Crippen molar-refractivity contribution in [3.63, 3.8) is 0 Å². The van der Waals surface area contributed by atoms with Crippen molar-refractivity contribution in [3.8, 4) is 11.4 Å². The molecule has 3 aromatic rings. The standard InChI is InChI=1S/C23H25FN4O2/c1-15(2)16-3-5-18(6-4-16)23(29,22(24)12-28(13-22)20-7-8-20)19-9-17(10-25-11-19)21-26-14-30-27-21/h3-6,9-11,14-15,20,29H,7-8,12-13H2,1-2H3/t23-/m0/s1. The largest absolute Gasteiger partial charge is 0.377 e. The van der Waals surface area contributed by atoms with Gasteiger partial charge in [-0.15, -0.1) is 0 Å². The summed E-state index contributed by atoms with van der Waals surface area (Å²) >= 11 is 0. The van der Waals surface area contributed by atoms with Gasteiger partial charge < -0.3 is 9.63 Å². The molecule has 1 N–H and O–H groups in total. The lowest BCUT2D eigenvalue weighted by Gasteiger charge is -2.53. The van der Waals surface area contributed by atoms with E-state index in [1.54, 1.807) is 12.3 Å². The molecule has 0 radical (unpaired) electrons. The van der Waals surface area contributed by atoms with E-state index in [-0.39, 0.29) is 13.1 Å². The smallest absolute Gasteiger partial charge is 0.214 e. The van der Waals surface area contributed by atoms with E-state index in [1.807, 2.05) is 24.3 Å². The minimum atomic E-state index is -1.83. The number of alkyl halides is 1. The van der Waals surface area contributed by atoms with Gasteiger partial charge in [-0.05, 0) is 36.0 Å². The number of aromatic nitrogens is 3. The number of nitrogens with zero attached hydrogens (tertiary/aromatic N) is 4. The maximum absolute atomic E-state index is 16.3. The van der Waals surface area contributed by atoms with Gasteiger partial charge in [-0.25, -0.2) is 4.39 Å². The monoisotopic (exact) mass is 408 g/mol. The lowest BCUT2D eigenvalue weighted by Crippen LogP contribution is -2.69. The van der Waals surface area contributed by atoms with Gasteiger partial charge in [-0.1, -0.05) is 43.3 Å². The minimum absolute atomic E-state index is 0.201. The van der Waals surface area contributed by atoms with Crippen LogP contribution in [0.1, 0.15) is 49.3 Å². The van der Waals surface area contributed by atoms with E-state index in [0.717, 1.165) is 18.4 Å². The van der Waals surface area contributed by atoms with Crippen molar-refractivity contribution < 1.29 is 14.0 Å². The molecule has 0 spiro atoms. The Labute approximate surface area is 174 Å². The third kappa shape index (κ3) is 3.04. The van der Waals surface area contributed by atoms with Gasteiger partial charge in [0.15, 0.2) is 11.3 Å². The highest BCUT2D eigenvalue weighted by molar-refractivity contribution is 5.56. The molecular formula is C23H25FN4O2. The summed E-state index contributed by atoms with van der Waals surface area (Å²) in [6.07, 6.45) is 6.55. The number of hydrogen-bond donors (Lipinski definition) is 1. The number of likely N-dealkylation sites (tertiary alicyclic amines) is 1. The Balaban J connectivity index is 1.59. The van der Waals surface area contributed by atoms with E-state index in [9.17, 15) is 5.11 Å². The van der Waals surface area contributed by atoms with Crippen molar-refractivity contribution in [2.24, 2.45) is 0 Å². The second kappa shape index (κ2) is 6.96. The average molecular weight is 408 g/mol. The number of aliphatic hydroxyl groups is 1. The van der Waals surface area contributed by atoms with Gasteiger partial charge in [-0.3, -0.25) is 9.88 Å². The first kappa shape index (κ1) is 19.3. The quantitative estimate of drug-likeness (QED) is 0.671. The van der Waals surface area contributed by atoms with Crippen LogP contribution < -0.4 is 0 Å². The zero-order valence-electron chi connectivity index (χ0n) is 17.1. The van der Waals surface area contributed by atoms with E-state index in [0.29, 0.717) is 34.5 Å². The predicted molar refractivity (Wildman–Crippen MR) is 109 cm³/mol. The van der Waals surface area contributed by atoms with Crippen LogP contribution in [-0.4, -0.2) is 49.9 Å². The van der Waals surface area contributed by atoms with Crippen molar-refractivity contribution in [3.05, 3.63) is 65.8 Å². The topological polar surface area (TPSA) is 75.3 Å². The lowest BCUT2D eigenvalue weighted by atomic mass is 9.70. The molecule has 1 aliphatic carbocycles. The van der Waals surface area contributed by atoms with Crippen molar-refractivity contribution >= 4 is 0 Å². The summed E-state index contributed by atoms with van der Waals surface area (Å²) in [6, 6.07) is 9.74. The summed E-state index contributed by atoms with van der Waals surface area (Å²) in [4.78, 5) is 10.4. The van der Waals surface area contributed by atoms with Crippen LogP contribution in [0, 0.1) is 0 Å². The predicted octanol–water partition coefficient (Wildman–Crippen LogP) is 3.68. The van der Waals surface area contributed by atoms with E-state index in [4.69, 9.17) is 4.52 Å². The molecule has 2 aliphatic rings. The maximum atomic E-state index is 16.3. The molecule has 3 heterocycles. The summed E-state index contributed by atoms with van der Waals surface area (Å²) in [6.45, 7) is 4.62. The highest BCUT2D eigenvalue weighted by Gasteiger charge is 2.62. The van der Waals surface area contributed by atoms with Crippen molar-refractivity contribution in [2.45, 2.75) is 49.9 Å². The van der Waals surface area contributed by atoms with Crippen LogP contribution in [0.5, 0.6) is 0 Å². The Morgan fingerprint density at radius 3 is 2.50 bits per heavy atom. The Hall–Kier alpha value is -2.64. The Morgan fingerprint density at radius 1 is 1.17 bits per heavy atom. The van der Waals surface area contributed by atoms with Crippen LogP contribution in [0.3, 0.4) is 0 Å².